The van der Waals surface area contributed by atoms with Crippen LogP contribution >= 0.6 is 34.7 Å². The molecule has 1 aliphatic rings. The van der Waals surface area contributed by atoms with Crippen LogP contribution in [-0.2, 0) is 28.9 Å². The number of carbonyl (C=O) groups excluding carboxylic acids is 2. The lowest BCUT2D eigenvalue weighted by Gasteiger charge is -2.29. The second kappa shape index (κ2) is 11.9. The van der Waals surface area contributed by atoms with Gasteiger partial charge in [-0.05, 0) is 68.0 Å². The predicted molar refractivity (Wildman–Crippen MR) is 158 cm³/mol. The number of rotatable bonds is 8. The summed E-state index contributed by atoms with van der Waals surface area (Å²) in [5.41, 5.74) is 3.49. The van der Waals surface area contributed by atoms with Crippen molar-refractivity contribution >= 4 is 62.5 Å². The third-order valence-electron chi connectivity index (χ3n) is 6.75. The van der Waals surface area contributed by atoms with E-state index in [1.54, 1.807) is 18.4 Å². The summed E-state index contributed by atoms with van der Waals surface area (Å²) in [7, 11) is 0. The van der Waals surface area contributed by atoms with Crippen LogP contribution in [-0.4, -0.2) is 40.3 Å². The van der Waals surface area contributed by atoms with Gasteiger partial charge in [0.2, 0.25) is 5.91 Å². The van der Waals surface area contributed by atoms with Crippen molar-refractivity contribution in [1.29, 1.82) is 0 Å². The van der Waals surface area contributed by atoms with Crippen LogP contribution in [0.3, 0.4) is 0 Å². The van der Waals surface area contributed by atoms with E-state index in [-0.39, 0.29) is 23.8 Å². The van der Waals surface area contributed by atoms with Crippen LogP contribution in [0, 0.1) is 6.92 Å². The fourth-order valence-corrected chi connectivity index (χ4v) is 6.93. The molecule has 0 radical (unpaired) electrons. The Balaban J connectivity index is 1.47. The zero-order chi connectivity index (χ0) is 27.5. The highest BCUT2D eigenvalue weighted by Crippen LogP contribution is 2.31. The highest BCUT2D eigenvalue weighted by molar-refractivity contribution is 7.99. The third-order valence-corrected chi connectivity index (χ3v) is 9.13. The molecule has 2 aromatic heterocycles. The Bertz CT molecular complexity index is 1600. The fraction of sp³-hybridized carbons (Fsp3) is 0.310. The number of carbonyl (C=O) groups is 2. The highest BCUT2D eigenvalue weighted by Gasteiger charge is 2.25. The fourth-order valence-electron chi connectivity index (χ4n) is 4.79. The Morgan fingerprint density at radius 3 is 2.69 bits per heavy atom. The number of amides is 1. The van der Waals surface area contributed by atoms with E-state index < -0.39 is 5.97 Å². The second-order valence-corrected chi connectivity index (χ2v) is 11.6. The topological polar surface area (TPSA) is 81.5 Å². The lowest BCUT2D eigenvalue weighted by atomic mass is 10.0. The molecule has 202 valence electrons. The molecule has 4 aromatic rings. The van der Waals surface area contributed by atoms with Gasteiger partial charge in [-0.3, -0.25) is 14.2 Å². The number of nitrogens with zero attached hydrogens (tertiary/aromatic N) is 3. The Kier molecular flexibility index (Phi) is 8.40. The lowest BCUT2D eigenvalue weighted by molar-refractivity contribution is -0.116. The summed E-state index contributed by atoms with van der Waals surface area (Å²) in [6.45, 7) is 4.78. The van der Waals surface area contributed by atoms with Gasteiger partial charge in [0.25, 0.3) is 5.56 Å². The highest BCUT2D eigenvalue weighted by atomic mass is 35.5. The van der Waals surface area contributed by atoms with E-state index in [1.165, 1.54) is 17.3 Å². The van der Waals surface area contributed by atoms with Crippen LogP contribution in [0.5, 0.6) is 0 Å². The number of benzene rings is 2. The molecule has 0 atom stereocenters. The van der Waals surface area contributed by atoms with Crippen molar-refractivity contribution < 1.29 is 14.3 Å². The number of thioether (sulfide) groups is 1. The number of aryl methyl sites for hydroxylation is 3. The first kappa shape index (κ1) is 27.4. The molecule has 0 aliphatic carbocycles. The van der Waals surface area contributed by atoms with Crippen LogP contribution in [0.2, 0.25) is 5.02 Å². The molecule has 0 unspecified atom stereocenters. The molecular formula is C29H28ClN3O4S2. The van der Waals surface area contributed by atoms with E-state index in [0.29, 0.717) is 50.3 Å². The maximum atomic E-state index is 13.8. The molecule has 0 saturated carbocycles. The van der Waals surface area contributed by atoms with Crippen LogP contribution in [0.4, 0.5) is 5.69 Å². The molecule has 0 bridgehead atoms. The van der Waals surface area contributed by atoms with Crippen molar-refractivity contribution in [3.05, 3.63) is 85.5 Å². The zero-order valence-electron chi connectivity index (χ0n) is 21.7. The minimum absolute atomic E-state index is 0.0275. The van der Waals surface area contributed by atoms with Gasteiger partial charge in [-0.15, -0.1) is 11.3 Å². The number of hydrogen-bond acceptors (Lipinski definition) is 7. The second-order valence-electron chi connectivity index (χ2n) is 9.25. The van der Waals surface area contributed by atoms with Crippen molar-refractivity contribution in [2.24, 2.45) is 0 Å². The number of esters is 1. The van der Waals surface area contributed by atoms with Crippen LogP contribution in [0.25, 0.3) is 10.2 Å². The standard InChI is InChI=1S/C29H28ClN3O4S2/c1-3-37-28(36)25-18(2)24-26(39-25)31-29(33(27(24)35)16-14-19-10-12-21(30)13-11-19)38-17-23(34)32-15-6-8-20-7-4-5-9-22(20)32/h4-5,7,9-13H,3,6,8,14-17H2,1-2H3. The van der Waals surface area contributed by atoms with Gasteiger partial charge in [-0.1, -0.05) is 53.7 Å². The largest absolute Gasteiger partial charge is 0.462 e. The molecule has 0 N–H and O–H groups in total. The monoisotopic (exact) mass is 581 g/mol. The summed E-state index contributed by atoms with van der Waals surface area (Å²) in [5, 5.41) is 1.52. The normalized spacial score (nSPS) is 12.9. The van der Waals surface area contributed by atoms with Crippen molar-refractivity contribution in [2.45, 2.75) is 44.8 Å². The SMILES string of the molecule is CCOC(=O)c1sc2nc(SCC(=O)N3CCCc4ccccc43)n(CCc3ccc(Cl)cc3)c(=O)c2c1C. The molecule has 10 heteroatoms. The smallest absolute Gasteiger partial charge is 0.348 e. The predicted octanol–water partition coefficient (Wildman–Crippen LogP) is 5.91. The number of anilines is 1. The summed E-state index contributed by atoms with van der Waals surface area (Å²) < 4.78 is 6.82. The van der Waals surface area contributed by atoms with Gasteiger partial charge in [0.1, 0.15) is 9.71 Å². The number of hydrogen-bond donors (Lipinski definition) is 0. The van der Waals surface area contributed by atoms with E-state index in [9.17, 15) is 14.4 Å². The van der Waals surface area contributed by atoms with E-state index in [2.05, 4.69) is 6.07 Å². The van der Waals surface area contributed by atoms with E-state index in [1.807, 2.05) is 47.4 Å². The molecule has 39 heavy (non-hydrogen) atoms. The number of aromatic nitrogens is 2. The number of thiophene rings is 1. The van der Waals surface area contributed by atoms with Crippen molar-refractivity contribution in [1.82, 2.24) is 9.55 Å². The maximum absolute atomic E-state index is 13.8. The van der Waals surface area contributed by atoms with Gasteiger partial charge in [-0.25, -0.2) is 9.78 Å². The minimum Gasteiger partial charge on any atom is -0.462 e. The summed E-state index contributed by atoms with van der Waals surface area (Å²) in [4.78, 5) is 47.1. The van der Waals surface area contributed by atoms with Crippen molar-refractivity contribution in [3.8, 4) is 0 Å². The van der Waals surface area contributed by atoms with Gasteiger partial charge in [-0.2, -0.15) is 0 Å². The average Bonchev–Trinajstić information content (AvgIpc) is 3.28. The van der Waals surface area contributed by atoms with Crippen LogP contribution in [0.15, 0.2) is 58.5 Å². The van der Waals surface area contributed by atoms with Gasteiger partial charge in [0, 0.05) is 23.8 Å². The van der Waals surface area contributed by atoms with E-state index in [4.69, 9.17) is 21.3 Å². The first-order valence-corrected chi connectivity index (χ1v) is 15.0. The minimum atomic E-state index is -0.460. The molecule has 3 heterocycles. The third kappa shape index (κ3) is 5.76. The zero-order valence-corrected chi connectivity index (χ0v) is 24.1. The number of ether oxygens (including phenoxy) is 1. The van der Waals surface area contributed by atoms with Crippen LogP contribution in [0.1, 0.15) is 39.7 Å². The Morgan fingerprint density at radius 2 is 1.92 bits per heavy atom. The molecule has 2 aromatic carbocycles. The average molecular weight is 582 g/mol. The molecule has 5 rings (SSSR count). The summed E-state index contributed by atoms with van der Waals surface area (Å²) in [6.07, 6.45) is 2.45. The van der Waals surface area contributed by atoms with Gasteiger partial charge in [0.15, 0.2) is 5.16 Å². The van der Waals surface area contributed by atoms with Crippen molar-refractivity contribution in [3.63, 3.8) is 0 Å². The van der Waals surface area contributed by atoms with Gasteiger partial charge in [0.05, 0.1) is 17.7 Å². The first-order valence-electron chi connectivity index (χ1n) is 12.8. The molecule has 0 saturated heterocycles. The van der Waals surface area contributed by atoms with E-state index in [0.717, 1.165) is 35.4 Å². The first-order chi connectivity index (χ1) is 18.9. The molecule has 0 spiro atoms. The molecule has 7 nitrogen and oxygen atoms in total. The molecular weight excluding hydrogens is 554 g/mol. The molecule has 1 aliphatic heterocycles. The molecule has 1 amide bonds. The summed E-state index contributed by atoms with van der Waals surface area (Å²) >= 11 is 8.45. The maximum Gasteiger partial charge on any atom is 0.348 e. The number of fused-ring (bicyclic) bond motifs is 2. The quantitative estimate of drug-likeness (QED) is 0.146. The summed E-state index contributed by atoms with van der Waals surface area (Å²) in [6, 6.07) is 15.5. The van der Waals surface area contributed by atoms with Crippen LogP contribution < -0.4 is 10.5 Å². The van der Waals surface area contributed by atoms with Gasteiger partial charge < -0.3 is 9.64 Å². The van der Waals surface area contributed by atoms with Gasteiger partial charge >= 0.3 is 5.97 Å². The lowest BCUT2D eigenvalue weighted by Crippen LogP contribution is -2.36. The van der Waals surface area contributed by atoms with Crippen molar-refractivity contribution in [2.75, 3.05) is 23.8 Å². The molecule has 0 fully saturated rings. The Morgan fingerprint density at radius 1 is 1.15 bits per heavy atom. The Hall–Kier alpha value is -3.14. The Labute approximate surface area is 239 Å². The number of halogens is 1. The number of para-hydroxylation sites is 1. The van der Waals surface area contributed by atoms with E-state index >= 15 is 0 Å². The summed E-state index contributed by atoms with van der Waals surface area (Å²) in [5.74, 6) is -0.346.